The van der Waals surface area contributed by atoms with Gasteiger partial charge in [-0.05, 0) is 156 Å². The fourth-order valence-corrected chi connectivity index (χ4v) is 15.3. The Morgan fingerprint density at radius 1 is 0.684 bits per heavy atom. The van der Waals surface area contributed by atoms with E-state index in [0.29, 0.717) is 17.8 Å². The molecule has 7 rings (SSSR count). The molecule has 0 saturated heterocycles. The average Bonchev–Trinajstić information content (AvgIpc) is 2.82. The van der Waals surface area contributed by atoms with Crippen molar-refractivity contribution in [2.75, 3.05) is 0 Å². The third-order valence-electron chi connectivity index (χ3n) is 7.78. The van der Waals surface area contributed by atoms with E-state index in [1.165, 1.54) is 33.9 Å². The minimum atomic E-state index is -0.758. The van der Waals surface area contributed by atoms with Crippen LogP contribution in [-0.4, -0.2) is 5.97 Å². The first-order valence-electron chi connectivity index (χ1n) is 12.4. The quantitative estimate of drug-likeness (QED) is 0.245. The van der Waals surface area contributed by atoms with Crippen molar-refractivity contribution in [1.82, 2.24) is 0 Å². The van der Waals surface area contributed by atoms with Gasteiger partial charge < -0.3 is 9.90 Å². The van der Waals surface area contributed by atoms with Crippen molar-refractivity contribution >= 4 is 112 Å². The second-order valence-corrected chi connectivity index (χ2v) is 17.7. The van der Waals surface area contributed by atoms with Crippen LogP contribution in [-0.2, 0) is 15.7 Å². The number of hydrogen-bond acceptors (Lipinski definition) is 2. The molecule has 3 aromatic carbocycles. The summed E-state index contributed by atoms with van der Waals surface area (Å²) >= 11 is 22.2. The molecule has 4 saturated carbocycles. The van der Waals surface area contributed by atoms with Crippen LogP contribution in [0.2, 0.25) is 0 Å². The van der Waals surface area contributed by atoms with E-state index in [2.05, 4.69) is 144 Å². The zero-order chi connectivity index (χ0) is 27.2. The van der Waals surface area contributed by atoms with E-state index in [-0.39, 0.29) is 10.9 Å². The molecule has 0 heterocycles. The third-order valence-corrected chi connectivity index (χ3v) is 14.7. The van der Waals surface area contributed by atoms with Crippen LogP contribution in [0.4, 0.5) is 0 Å². The van der Waals surface area contributed by atoms with Crippen molar-refractivity contribution in [1.29, 1.82) is 0 Å². The Balaban J connectivity index is 0.000000187. The summed E-state index contributed by atoms with van der Waals surface area (Å²) in [6.07, 6.45) is 6.65. The highest BCUT2D eigenvalue weighted by atomic mass is 79.9. The molecule has 0 unspecified atom stereocenters. The fourth-order valence-electron chi connectivity index (χ4n) is 6.70. The van der Waals surface area contributed by atoms with Gasteiger partial charge in [0, 0.05) is 20.3 Å². The van der Waals surface area contributed by atoms with Crippen LogP contribution in [0, 0.1) is 23.2 Å². The minimum absolute atomic E-state index is 0.307. The third kappa shape index (κ3) is 6.24. The van der Waals surface area contributed by atoms with Gasteiger partial charge in [0.1, 0.15) is 10.9 Å². The molecule has 0 aliphatic heterocycles. The van der Waals surface area contributed by atoms with E-state index in [0.717, 1.165) is 46.1 Å². The van der Waals surface area contributed by atoms with E-state index < -0.39 is 11.4 Å². The van der Waals surface area contributed by atoms with Crippen LogP contribution in [0.3, 0.4) is 0 Å². The zero-order valence-electron chi connectivity index (χ0n) is 20.2. The number of aliphatic carboxylic acids is 1. The van der Waals surface area contributed by atoms with Gasteiger partial charge in [0.25, 0.3) is 0 Å². The molecule has 0 spiro atoms. The molecule has 4 fully saturated rings. The molecule has 0 aromatic heterocycles. The molecular weight excluding hydrogens is 892 g/mol. The highest BCUT2D eigenvalue weighted by Crippen LogP contribution is 2.59. The van der Waals surface area contributed by atoms with Crippen LogP contribution in [0.15, 0.2) is 96.1 Å². The maximum atomic E-state index is 11.1. The van der Waals surface area contributed by atoms with Crippen LogP contribution in [0.1, 0.15) is 38.5 Å². The van der Waals surface area contributed by atoms with Crippen molar-refractivity contribution in [3.8, 4) is 0 Å². The predicted molar refractivity (Wildman–Crippen MR) is 173 cm³/mol. The molecule has 200 valence electrons. The monoisotopic (exact) mass is 910 g/mol. The molecule has 4 aliphatic rings. The highest BCUT2D eigenvalue weighted by Gasteiger charge is 2.51. The lowest BCUT2D eigenvalue weighted by molar-refractivity contribution is -0.327. The molecule has 0 atom stereocenters. The Morgan fingerprint density at radius 2 is 1.05 bits per heavy atom. The van der Waals surface area contributed by atoms with Crippen molar-refractivity contribution < 1.29 is 9.90 Å². The van der Waals surface area contributed by atoms with Gasteiger partial charge in [0.15, 0.2) is 14.7 Å². The van der Waals surface area contributed by atoms with E-state index in [4.69, 9.17) is 0 Å². The Bertz CT molecular complexity index is 1220. The van der Waals surface area contributed by atoms with Gasteiger partial charge in [0.2, 0.25) is 0 Å². The van der Waals surface area contributed by atoms with Gasteiger partial charge in [-0.2, -0.15) is 0 Å². The lowest BCUT2D eigenvalue weighted by Gasteiger charge is -2.57. The maximum Gasteiger partial charge on any atom is 0.194 e. The van der Waals surface area contributed by atoms with Crippen molar-refractivity contribution in [3.05, 3.63) is 81.4 Å². The second-order valence-electron chi connectivity index (χ2n) is 10.5. The van der Waals surface area contributed by atoms with Crippen molar-refractivity contribution in [2.45, 2.75) is 53.2 Å². The van der Waals surface area contributed by atoms with Gasteiger partial charge in [0.05, 0.1) is 17.9 Å². The van der Waals surface area contributed by atoms with Gasteiger partial charge in [-0.15, -0.1) is 0 Å². The summed E-state index contributed by atoms with van der Waals surface area (Å²) in [4.78, 5) is 14.8. The minimum Gasteiger partial charge on any atom is -0.550 e. The molecule has 9 heteroatoms. The number of hydrogen-bond donors (Lipinski definition) is 0. The normalized spacial score (nSPS) is 25.3. The average molecular weight is 916 g/mol. The van der Waals surface area contributed by atoms with E-state index in [9.17, 15) is 9.90 Å². The molecule has 4 bridgehead atoms. The van der Waals surface area contributed by atoms with Gasteiger partial charge in [-0.1, -0.05) is 50.1 Å². The summed E-state index contributed by atoms with van der Waals surface area (Å²) in [6, 6.07) is 18.9. The van der Waals surface area contributed by atoms with Crippen LogP contribution in [0.5, 0.6) is 0 Å². The Kier molecular flexibility index (Phi) is 9.66. The van der Waals surface area contributed by atoms with E-state index in [1.807, 2.05) is 6.07 Å². The number of carbonyl (C=O) groups excluding carboxylic acids is 1. The molecule has 2 nitrogen and oxygen atoms in total. The molecule has 0 amide bonds. The SMILES string of the molecule is Brc1cc(Br)c([S+](c2ccccc2)c2c(Br)cc(Br)cc2Br)c(Br)c1.O=C([O-])C12CC3CC(CC(C3)C1)C2. The summed E-state index contributed by atoms with van der Waals surface area (Å²) in [7, 11) is -0.307. The number of carboxylic acid groups (broad SMARTS) is 1. The van der Waals surface area contributed by atoms with Crippen molar-refractivity contribution in [3.63, 3.8) is 0 Å². The zero-order valence-corrected chi connectivity index (χ0v) is 30.5. The summed E-state index contributed by atoms with van der Waals surface area (Å²) in [5, 5.41) is 11.1. The lowest BCUT2D eigenvalue weighted by atomic mass is 9.49. The lowest BCUT2D eigenvalue weighted by Crippen LogP contribution is -2.54. The van der Waals surface area contributed by atoms with Gasteiger partial charge in [-0.3, -0.25) is 0 Å². The molecular formula is C29H24Br6O2S. The van der Waals surface area contributed by atoms with Crippen LogP contribution in [0.25, 0.3) is 0 Å². The van der Waals surface area contributed by atoms with E-state index >= 15 is 0 Å². The number of carboxylic acids is 1. The Hall–Kier alpha value is 0.360. The highest BCUT2D eigenvalue weighted by molar-refractivity contribution is 9.12. The maximum absolute atomic E-state index is 11.1. The Morgan fingerprint density at radius 3 is 1.39 bits per heavy atom. The smallest absolute Gasteiger partial charge is 0.194 e. The van der Waals surface area contributed by atoms with Crippen molar-refractivity contribution in [2.24, 2.45) is 23.2 Å². The summed E-state index contributed by atoms with van der Waals surface area (Å²) in [6.45, 7) is 0. The topological polar surface area (TPSA) is 40.1 Å². The number of halogens is 6. The summed E-state index contributed by atoms with van der Waals surface area (Å²) in [5.41, 5.74) is -0.394. The number of carbonyl (C=O) groups is 1. The van der Waals surface area contributed by atoms with Gasteiger partial charge in [-0.25, -0.2) is 0 Å². The first-order chi connectivity index (χ1) is 18.1. The molecule has 38 heavy (non-hydrogen) atoms. The predicted octanol–water partition coefficient (Wildman–Crippen LogP) is 10.3. The van der Waals surface area contributed by atoms with E-state index in [1.54, 1.807) is 0 Å². The molecule has 3 aromatic rings. The molecule has 4 aliphatic carbocycles. The number of benzene rings is 3. The standard InChI is InChI=1S/C18H9Br6S.C11H16O2/c19-10-6-13(21)17(14(22)7-10)25(12-4-2-1-3-5-12)18-15(23)8-11(20)9-16(18)24;12-10(13)11-4-7-1-8(5-11)3-9(2-7)6-11/h1-9H;7-9H,1-6H2,(H,12,13)/q+1;/p-1. The molecule has 0 N–H and O–H groups in total. The van der Waals surface area contributed by atoms with Crippen LogP contribution < -0.4 is 5.11 Å². The summed E-state index contributed by atoms with van der Waals surface area (Å²) in [5.74, 6) is 1.38. The Labute approximate surface area is 277 Å². The fraction of sp³-hybridized carbons (Fsp3) is 0.345. The second kappa shape index (κ2) is 12.3. The van der Waals surface area contributed by atoms with Crippen LogP contribution >= 0.6 is 95.6 Å². The number of rotatable bonds is 4. The first-order valence-corrected chi connectivity index (χ1v) is 18.3. The largest absolute Gasteiger partial charge is 0.550 e. The first kappa shape index (κ1) is 29.8. The molecule has 0 radical (unpaired) electrons. The van der Waals surface area contributed by atoms with Gasteiger partial charge >= 0.3 is 0 Å². The summed E-state index contributed by atoms with van der Waals surface area (Å²) < 4.78 is 6.29.